The third kappa shape index (κ3) is 40.8. The van der Waals surface area contributed by atoms with Gasteiger partial charge in [0.05, 0.1) is 27.7 Å². The Balaban J connectivity index is 4.59. The van der Waals surface area contributed by atoms with Crippen molar-refractivity contribution >= 4 is 19.8 Å². The maximum absolute atomic E-state index is 12.6. The van der Waals surface area contributed by atoms with Gasteiger partial charge >= 0.3 is 19.8 Å². The summed E-state index contributed by atoms with van der Waals surface area (Å²) in [5, 5.41) is 0. The lowest BCUT2D eigenvalue weighted by Gasteiger charge is -2.24. The summed E-state index contributed by atoms with van der Waals surface area (Å²) in [6.07, 6.45) is 48.5. The van der Waals surface area contributed by atoms with Crippen molar-refractivity contribution in [1.29, 1.82) is 0 Å². The minimum Gasteiger partial charge on any atom is -0.462 e. The number of nitrogens with zero attached hydrogens (tertiary/aromatic N) is 1. The van der Waals surface area contributed by atoms with Crippen LogP contribution in [0.3, 0.4) is 0 Å². The van der Waals surface area contributed by atoms with Crippen molar-refractivity contribution in [3.8, 4) is 0 Å². The van der Waals surface area contributed by atoms with Crippen LogP contribution in [0.5, 0.6) is 0 Å². The van der Waals surface area contributed by atoms with Gasteiger partial charge < -0.3 is 18.9 Å². The Kier molecular flexibility index (Phi) is 35.9. The fourth-order valence-electron chi connectivity index (χ4n) is 5.19. The molecular weight excluding hydrogens is 725 g/mol. The molecule has 0 aromatic carbocycles. The number of hydrogen-bond donors (Lipinski definition) is 1. The second-order valence-electron chi connectivity index (χ2n) is 15.1. The SMILES string of the molecule is CC/C=C/C/C=C/C/C=C/C/C=C/C/C=C/CCCC(=O)OC[C@H](COP(=O)(O)OCC[N+](C)(C)C)OC(=O)/C=C/C=C/CCCCCCCCCCCCC. The number of carbonyl (C=O) groups excluding carboxylic acids is 2. The molecule has 56 heavy (non-hydrogen) atoms. The number of esters is 2. The summed E-state index contributed by atoms with van der Waals surface area (Å²) in [7, 11) is 1.38. The number of unbranched alkanes of at least 4 members (excludes halogenated alkanes) is 12. The second kappa shape index (κ2) is 37.7. The molecule has 0 bridgehead atoms. The number of likely N-dealkylation sites (N-methyl/N-ethyl adjacent to an activating group) is 1. The number of ether oxygens (including phenoxy) is 2. The van der Waals surface area contributed by atoms with E-state index in [2.05, 4.69) is 68.5 Å². The van der Waals surface area contributed by atoms with E-state index in [4.69, 9.17) is 18.5 Å². The minimum atomic E-state index is -4.42. The van der Waals surface area contributed by atoms with Crippen LogP contribution in [0.15, 0.2) is 85.1 Å². The van der Waals surface area contributed by atoms with Crippen LogP contribution in [0.4, 0.5) is 0 Å². The first kappa shape index (κ1) is 53.2. The number of hydrogen-bond acceptors (Lipinski definition) is 7. The van der Waals surface area contributed by atoms with Crippen molar-refractivity contribution in [2.24, 2.45) is 0 Å². The Morgan fingerprint density at radius 1 is 0.625 bits per heavy atom. The Hall–Kier alpha value is -2.81. The van der Waals surface area contributed by atoms with Crippen molar-refractivity contribution < 1.29 is 42.1 Å². The molecule has 1 unspecified atom stereocenters. The van der Waals surface area contributed by atoms with Crippen molar-refractivity contribution in [3.63, 3.8) is 0 Å². The van der Waals surface area contributed by atoms with E-state index in [-0.39, 0.29) is 19.6 Å². The second-order valence-corrected chi connectivity index (χ2v) is 16.5. The molecule has 0 aliphatic carbocycles. The summed E-state index contributed by atoms with van der Waals surface area (Å²) in [5.74, 6) is -1.13. The van der Waals surface area contributed by atoms with Gasteiger partial charge in [-0.05, 0) is 57.8 Å². The highest BCUT2D eigenvalue weighted by Gasteiger charge is 2.26. The largest absolute Gasteiger partial charge is 0.472 e. The third-order valence-corrected chi connectivity index (χ3v) is 9.50. The summed E-state index contributed by atoms with van der Waals surface area (Å²) < 4.78 is 34.0. The van der Waals surface area contributed by atoms with Crippen LogP contribution in [-0.4, -0.2) is 74.9 Å². The zero-order chi connectivity index (χ0) is 41.4. The van der Waals surface area contributed by atoms with E-state index >= 15 is 0 Å². The van der Waals surface area contributed by atoms with Gasteiger partial charge in [0.2, 0.25) is 0 Å². The first-order chi connectivity index (χ1) is 27.0. The summed E-state index contributed by atoms with van der Waals surface area (Å²) in [6.45, 7) is 4.09. The van der Waals surface area contributed by atoms with Crippen LogP contribution in [0, 0.1) is 0 Å². The van der Waals surface area contributed by atoms with E-state index in [0.717, 1.165) is 51.4 Å². The van der Waals surface area contributed by atoms with E-state index in [1.807, 2.05) is 39.4 Å². The van der Waals surface area contributed by atoms with Crippen molar-refractivity contribution in [1.82, 2.24) is 0 Å². The number of allylic oxidation sites excluding steroid dienone is 13. The van der Waals surface area contributed by atoms with Gasteiger partial charge in [0.1, 0.15) is 19.8 Å². The van der Waals surface area contributed by atoms with E-state index in [9.17, 15) is 19.0 Å². The van der Waals surface area contributed by atoms with E-state index in [1.54, 1.807) is 6.08 Å². The quantitative estimate of drug-likeness (QED) is 0.0126. The Morgan fingerprint density at radius 2 is 1.14 bits per heavy atom. The number of phosphoric acid groups is 1. The summed E-state index contributed by atoms with van der Waals surface area (Å²) in [5.41, 5.74) is 0. The molecule has 320 valence electrons. The molecule has 0 amide bonds. The van der Waals surface area contributed by atoms with Crippen LogP contribution < -0.4 is 0 Å². The lowest BCUT2D eigenvalue weighted by atomic mass is 10.1. The molecular formula is C46H79NO8P+. The van der Waals surface area contributed by atoms with Crippen molar-refractivity contribution in [3.05, 3.63) is 85.1 Å². The molecule has 0 spiro atoms. The van der Waals surface area contributed by atoms with Crippen LogP contribution in [0.1, 0.15) is 142 Å². The van der Waals surface area contributed by atoms with Crippen LogP contribution in [0.2, 0.25) is 0 Å². The van der Waals surface area contributed by atoms with Crippen LogP contribution in [-0.2, 0) is 32.7 Å². The summed E-state index contributed by atoms with van der Waals surface area (Å²) in [6, 6.07) is 0. The fourth-order valence-corrected chi connectivity index (χ4v) is 5.93. The lowest BCUT2D eigenvalue weighted by Crippen LogP contribution is -2.37. The molecule has 0 heterocycles. The molecule has 0 aliphatic heterocycles. The molecule has 0 saturated heterocycles. The zero-order valence-electron chi connectivity index (χ0n) is 35.8. The normalized spacial score (nSPS) is 14.5. The van der Waals surface area contributed by atoms with Gasteiger partial charge in [-0.1, -0.05) is 157 Å². The summed E-state index contributed by atoms with van der Waals surface area (Å²) >= 11 is 0. The van der Waals surface area contributed by atoms with Gasteiger partial charge in [-0.3, -0.25) is 13.8 Å². The molecule has 0 fully saturated rings. The monoisotopic (exact) mass is 805 g/mol. The molecule has 0 saturated carbocycles. The number of rotatable bonds is 37. The van der Waals surface area contributed by atoms with Gasteiger partial charge in [-0.25, -0.2) is 9.36 Å². The molecule has 0 aromatic heterocycles. The smallest absolute Gasteiger partial charge is 0.462 e. The molecule has 9 nitrogen and oxygen atoms in total. The van der Waals surface area contributed by atoms with Gasteiger partial charge in [0, 0.05) is 12.5 Å². The number of quaternary nitrogens is 1. The minimum absolute atomic E-state index is 0.00285. The number of phosphoric ester groups is 1. The average molecular weight is 805 g/mol. The Morgan fingerprint density at radius 3 is 1.70 bits per heavy atom. The van der Waals surface area contributed by atoms with E-state index in [1.165, 1.54) is 70.3 Å². The molecule has 0 aliphatic rings. The highest BCUT2D eigenvalue weighted by molar-refractivity contribution is 7.47. The lowest BCUT2D eigenvalue weighted by molar-refractivity contribution is -0.870. The van der Waals surface area contributed by atoms with Crippen LogP contribution in [0.25, 0.3) is 0 Å². The average Bonchev–Trinajstić information content (AvgIpc) is 3.15. The predicted molar refractivity (Wildman–Crippen MR) is 233 cm³/mol. The third-order valence-electron chi connectivity index (χ3n) is 8.52. The highest BCUT2D eigenvalue weighted by atomic mass is 31.2. The van der Waals surface area contributed by atoms with Gasteiger partial charge in [0.25, 0.3) is 0 Å². The maximum atomic E-state index is 12.6. The first-order valence-electron chi connectivity index (χ1n) is 21.4. The first-order valence-corrected chi connectivity index (χ1v) is 22.8. The predicted octanol–water partition coefficient (Wildman–Crippen LogP) is 12.0. The molecule has 1 N–H and O–H groups in total. The van der Waals surface area contributed by atoms with Crippen LogP contribution >= 0.6 is 7.82 Å². The van der Waals surface area contributed by atoms with Crippen molar-refractivity contribution in [2.45, 2.75) is 148 Å². The standard InChI is InChI=1S/C46H78NO8P/c1-6-8-10-12-14-16-18-20-22-23-25-26-28-30-32-34-36-38-45(48)52-42-44(43-54-56(50,51)53-41-40-47(3,4)5)55-46(49)39-37-35-33-31-29-27-24-21-19-17-15-13-11-9-7-2/h8,10,14,16,20,22,25-26,30,32-33,35,37,39,44H,6-7,9,11-13,15,17-19,21,23-24,27-29,31,34,36,38,40-43H2,1-5H3/p+1/b10-8+,16-14+,22-20+,26-25+,32-30+,35-33+,39-37+/t44-/m1/s1. The topological polar surface area (TPSA) is 108 Å². The van der Waals surface area contributed by atoms with Crippen molar-refractivity contribution in [2.75, 3.05) is 47.5 Å². The molecule has 0 radical (unpaired) electrons. The number of carbonyl (C=O) groups is 2. The Labute approximate surface area is 341 Å². The maximum Gasteiger partial charge on any atom is 0.472 e. The Bertz CT molecular complexity index is 1230. The van der Waals surface area contributed by atoms with Gasteiger partial charge in [-0.15, -0.1) is 0 Å². The fraction of sp³-hybridized carbons (Fsp3) is 0.652. The molecule has 0 rings (SSSR count). The van der Waals surface area contributed by atoms with Gasteiger partial charge in [0.15, 0.2) is 6.10 Å². The van der Waals surface area contributed by atoms with E-state index in [0.29, 0.717) is 17.4 Å². The summed E-state index contributed by atoms with van der Waals surface area (Å²) in [4.78, 5) is 35.2. The van der Waals surface area contributed by atoms with Gasteiger partial charge in [-0.2, -0.15) is 0 Å². The zero-order valence-corrected chi connectivity index (χ0v) is 36.7. The van der Waals surface area contributed by atoms with E-state index < -0.39 is 32.5 Å². The highest BCUT2D eigenvalue weighted by Crippen LogP contribution is 2.43. The molecule has 2 atom stereocenters. The molecule has 0 aromatic rings. The molecule has 10 heteroatoms.